The molecular weight excluding hydrogens is 344 g/mol. The molecule has 0 fully saturated rings. The van der Waals surface area contributed by atoms with Crippen LogP contribution < -0.4 is 5.32 Å². The Kier molecular flexibility index (Phi) is 5.46. The van der Waals surface area contributed by atoms with Crippen LogP contribution in [0.5, 0.6) is 0 Å². The van der Waals surface area contributed by atoms with Crippen LogP contribution in [-0.2, 0) is 11.8 Å². The van der Waals surface area contributed by atoms with E-state index in [-0.39, 0.29) is 17.1 Å². The number of halogens is 1. The van der Waals surface area contributed by atoms with E-state index in [4.69, 9.17) is 11.6 Å². The lowest BCUT2D eigenvalue weighted by Crippen LogP contribution is -2.51. The van der Waals surface area contributed by atoms with Gasteiger partial charge in [0.25, 0.3) is 0 Å². The minimum atomic E-state index is -0.883. The van der Waals surface area contributed by atoms with E-state index >= 15 is 0 Å². The molecule has 1 N–H and O–H groups in total. The first-order chi connectivity index (χ1) is 11.2. The molecule has 1 amide bonds. The van der Waals surface area contributed by atoms with Crippen molar-refractivity contribution in [3.05, 3.63) is 23.2 Å². The normalized spacial score (nSPS) is 15.1. The number of amides is 1. The quantitative estimate of drug-likeness (QED) is 0.820. The molecule has 24 heavy (non-hydrogen) atoms. The molecule has 2 aromatic rings. The number of carbonyl (C=O) groups is 1. The fourth-order valence-electron chi connectivity index (χ4n) is 2.13. The molecule has 0 saturated heterocycles. The van der Waals surface area contributed by atoms with Gasteiger partial charge in [0.1, 0.15) is 5.54 Å². The molecular formula is C17H21ClN4OS. The Bertz CT molecular complexity index is 811. The zero-order chi connectivity index (χ0) is 18.1. The van der Waals surface area contributed by atoms with Crippen molar-refractivity contribution in [2.75, 3.05) is 0 Å². The predicted molar refractivity (Wildman–Crippen MR) is 98.0 cm³/mol. The van der Waals surface area contributed by atoms with Gasteiger partial charge in [0.15, 0.2) is 5.16 Å². The van der Waals surface area contributed by atoms with Crippen molar-refractivity contribution in [3.8, 4) is 6.07 Å². The summed E-state index contributed by atoms with van der Waals surface area (Å²) in [4.78, 5) is 17.0. The van der Waals surface area contributed by atoms with Crippen molar-refractivity contribution >= 4 is 40.3 Å². The molecule has 0 aliphatic heterocycles. The summed E-state index contributed by atoms with van der Waals surface area (Å²) in [7, 11) is 1.91. The van der Waals surface area contributed by atoms with Crippen LogP contribution in [0.2, 0.25) is 5.02 Å². The third kappa shape index (κ3) is 3.68. The third-order valence-electron chi connectivity index (χ3n) is 4.22. The lowest BCUT2D eigenvalue weighted by molar-refractivity contribution is -0.121. The van der Waals surface area contributed by atoms with E-state index in [1.165, 1.54) is 11.8 Å². The van der Waals surface area contributed by atoms with Gasteiger partial charge in [-0.1, -0.05) is 37.2 Å². The summed E-state index contributed by atoms with van der Waals surface area (Å²) in [6.07, 6.45) is 0. The smallest absolute Gasteiger partial charge is 0.234 e. The van der Waals surface area contributed by atoms with Crippen molar-refractivity contribution in [1.29, 1.82) is 5.26 Å². The number of aryl methyl sites for hydroxylation is 1. The zero-order valence-electron chi connectivity index (χ0n) is 14.4. The van der Waals surface area contributed by atoms with Gasteiger partial charge in [-0.2, -0.15) is 5.26 Å². The minimum Gasteiger partial charge on any atom is -0.337 e. The Balaban J connectivity index is 2.18. The van der Waals surface area contributed by atoms with Crippen LogP contribution in [0.15, 0.2) is 23.4 Å². The Morgan fingerprint density at radius 3 is 2.71 bits per heavy atom. The van der Waals surface area contributed by atoms with E-state index in [2.05, 4.69) is 16.4 Å². The molecule has 5 nitrogen and oxygen atoms in total. The largest absolute Gasteiger partial charge is 0.337 e. The van der Waals surface area contributed by atoms with E-state index in [1.807, 2.05) is 44.5 Å². The van der Waals surface area contributed by atoms with Gasteiger partial charge in [-0.25, -0.2) is 4.98 Å². The molecule has 1 aromatic heterocycles. The number of benzene rings is 1. The molecule has 7 heteroatoms. The molecule has 0 radical (unpaired) electrons. The van der Waals surface area contributed by atoms with Crippen LogP contribution in [0, 0.1) is 17.2 Å². The van der Waals surface area contributed by atoms with Gasteiger partial charge in [0.05, 0.1) is 22.4 Å². The molecule has 2 atom stereocenters. The molecule has 0 aliphatic rings. The van der Waals surface area contributed by atoms with Gasteiger partial charge in [-0.3, -0.25) is 4.79 Å². The number of aromatic nitrogens is 2. The van der Waals surface area contributed by atoms with Crippen LogP contribution in [0.1, 0.15) is 27.7 Å². The van der Waals surface area contributed by atoms with Gasteiger partial charge in [0.2, 0.25) is 5.91 Å². The molecule has 0 aliphatic carbocycles. The Morgan fingerprint density at radius 2 is 2.12 bits per heavy atom. The number of nitrogens with zero attached hydrogens (tertiary/aromatic N) is 3. The number of nitrogens with one attached hydrogen (secondary N) is 1. The van der Waals surface area contributed by atoms with Crippen LogP contribution in [0.4, 0.5) is 0 Å². The fourth-order valence-corrected chi connectivity index (χ4v) is 3.18. The van der Waals surface area contributed by atoms with Crippen molar-refractivity contribution in [3.63, 3.8) is 0 Å². The van der Waals surface area contributed by atoms with Crippen LogP contribution in [-0.4, -0.2) is 26.2 Å². The maximum atomic E-state index is 12.5. The Morgan fingerprint density at radius 1 is 1.46 bits per heavy atom. The second-order valence-corrected chi connectivity index (χ2v) is 8.05. The first-order valence-electron chi connectivity index (χ1n) is 7.70. The minimum absolute atomic E-state index is 0.0153. The van der Waals surface area contributed by atoms with Crippen molar-refractivity contribution in [2.45, 2.75) is 43.6 Å². The van der Waals surface area contributed by atoms with Crippen molar-refractivity contribution < 1.29 is 4.79 Å². The van der Waals surface area contributed by atoms with Crippen LogP contribution >= 0.6 is 23.4 Å². The highest BCUT2D eigenvalue weighted by Crippen LogP contribution is 2.28. The average molecular weight is 365 g/mol. The second kappa shape index (κ2) is 7.04. The number of nitriles is 1. The van der Waals surface area contributed by atoms with Gasteiger partial charge in [0, 0.05) is 12.1 Å². The van der Waals surface area contributed by atoms with E-state index in [9.17, 15) is 10.1 Å². The maximum absolute atomic E-state index is 12.5. The highest BCUT2D eigenvalue weighted by molar-refractivity contribution is 8.00. The zero-order valence-corrected chi connectivity index (χ0v) is 16.0. The monoisotopic (exact) mass is 364 g/mol. The average Bonchev–Trinajstić information content (AvgIpc) is 2.82. The van der Waals surface area contributed by atoms with Gasteiger partial charge in [-0.05, 0) is 38.0 Å². The van der Waals surface area contributed by atoms with Crippen molar-refractivity contribution in [2.24, 2.45) is 13.0 Å². The van der Waals surface area contributed by atoms with Gasteiger partial charge in [-0.15, -0.1) is 0 Å². The summed E-state index contributed by atoms with van der Waals surface area (Å²) in [5.41, 5.74) is 0.869. The van der Waals surface area contributed by atoms with E-state index < -0.39 is 5.54 Å². The number of fused-ring (bicyclic) bond motifs is 1. The summed E-state index contributed by atoms with van der Waals surface area (Å²) in [5, 5.41) is 13.2. The molecule has 0 saturated carbocycles. The van der Waals surface area contributed by atoms with Gasteiger partial charge < -0.3 is 9.88 Å². The number of hydrogen-bond acceptors (Lipinski definition) is 4. The molecule has 128 valence electrons. The maximum Gasteiger partial charge on any atom is 0.234 e. The standard InChI is InChI=1S/C17H21ClN4OS/c1-10(2)17(4,9-19)21-15(23)11(3)24-16-20-13-8-12(18)6-7-14(13)22(16)5/h6-8,10-11H,1-5H3,(H,21,23). The second-order valence-electron chi connectivity index (χ2n) is 6.30. The number of imidazole rings is 1. The molecule has 1 aromatic carbocycles. The van der Waals surface area contributed by atoms with Crippen LogP contribution in [0.25, 0.3) is 11.0 Å². The van der Waals surface area contributed by atoms with Crippen molar-refractivity contribution in [1.82, 2.24) is 14.9 Å². The van der Waals surface area contributed by atoms with Crippen LogP contribution in [0.3, 0.4) is 0 Å². The molecule has 0 bridgehead atoms. The summed E-state index contributed by atoms with van der Waals surface area (Å²) in [5.74, 6) is -0.163. The highest BCUT2D eigenvalue weighted by atomic mass is 35.5. The summed E-state index contributed by atoms with van der Waals surface area (Å²) in [6.45, 7) is 7.38. The molecule has 2 unspecified atom stereocenters. The number of hydrogen-bond donors (Lipinski definition) is 1. The SMILES string of the molecule is CC(Sc1nc2cc(Cl)ccc2n1C)C(=O)NC(C)(C#N)C(C)C. The molecule has 0 spiro atoms. The molecule has 1 heterocycles. The van der Waals surface area contributed by atoms with E-state index in [1.54, 1.807) is 13.0 Å². The first kappa shape index (κ1) is 18.6. The predicted octanol–water partition coefficient (Wildman–Crippen LogP) is 3.76. The highest BCUT2D eigenvalue weighted by Gasteiger charge is 2.32. The lowest BCUT2D eigenvalue weighted by atomic mass is 9.90. The summed E-state index contributed by atoms with van der Waals surface area (Å²) >= 11 is 7.36. The molecule has 2 rings (SSSR count). The van der Waals surface area contributed by atoms with Gasteiger partial charge >= 0.3 is 0 Å². The summed E-state index contributed by atoms with van der Waals surface area (Å²) < 4.78 is 1.94. The number of rotatable bonds is 5. The fraction of sp³-hybridized carbons (Fsp3) is 0.471. The topological polar surface area (TPSA) is 70.7 Å². The van der Waals surface area contributed by atoms with E-state index in [0.717, 1.165) is 16.2 Å². The number of thioether (sulfide) groups is 1. The number of carbonyl (C=O) groups excluding carboxylic acids is 1. The third-order valence-corrected chi connectivity index (χ3v) is 5.60. The summed E-state index contributed by atoms with van der Waals surface area (Å²) in [6, 6.07) is 7.72. The lowest BCUT2D eigenvalue weighted by Gasteiger charge is -2.28. The Hall–Kier alpha value is -1.71. The first-order valence-corrected chi connectivity index (χ1v) is 8.95. The van der Waals surface area contributed by atoms with E-state index in [0.29, 0.717) is 5.02 Å². The Labute approximate surface area is 151 Å².